The first kappa shape index (κ1) is 17.0. The smallest absolute Gasteiger partial charge is 0.220 e. The van der Waals surface area contributed by atoms with Gasteiger partial charge in [-0.15, -0.1) is 24.8 Å². The van der Waals surface area contributed by atoms with Crippen molar-refractivity contribution in [1.82, 2.24) is 10.3 Å². The summed E-state index contributed by atoms with van der Waals surface area (Å²) in [4.78, 5) is 15.8. The van der Waals surface area contributed by atoms with E-state index in [-0.39, 0.29) is 36.8 Å². The summed E-state index contributed by atoms with van der Waals surface area (Å²) in [7, 11) is 0. The average Bonchev–Trinajstić information content (AvgIpc) is 2.29. The maximum Gasteiger partial charge on any atom is 0.220 e. The van der Waals surface area contributed by atoms with Gasteiger partial charge in [0.15, 0.2) is 0 Å². The number of fused-ring (bicyclic) bond motifs is 1. The molecule has 4 nitrogen and oxygen atoms in total. The lowest BCUT2D eigenvalue weighted by Gasteiger charge is -2.25. The van der Waals surface area contributed by atoms with Crippen LogP contribution < -0.4 is 10.6 Å². The highest BCUT2D eigenvalue weighted by Crippen LogP contribution is 2.18. The van der Waals surface area contributed by atoms with Crippen LogP contribution in [0.15, 0.2) is 18.3 Å². The molecule has 6 heteroatoms. The summed E-state index contributed by atoms with van der Waals surface area (Å²) in [5.41, 5.74) is 2.12. The fourth-order valence-corrected chi connectivity index (χ4v) is 1.93. The van der Waals surface area contributed by atoms with Crippen LogP contribution in [0.5, 0.6) is 0 Å². The molecule has 1 atom stereocenters. The predicted octanol–water partition coefficient (Wildman–Crippen LogP) is 2.18. The molecule has 0 saturated carbocycles. The number of hydrogen-bond donors (Lipinski definition) is 2. The van der Waals surface area contributed by atoms with Crippen molar-refractivity contribution >= 4 is 36.4 Å². The third-order valence-electron chi connectivity index (χ3n) is 2.71. The fourth-order valence-electron chi connectivity index (χ4n) is 1.93. The van der Waals surface area contributed by atoms with Gasteiger partial charge in [0.25, 0.3) is 0 Å². The second kappa shape index (κ2) is 8.16. The molecule has 0 aliphatic carbocycles. The van der Waals surface area contributed by atoms with Gasteiger partial charge in [0.05, 0.1) is 17.4 Å². The van der Waals surface area contributed by atoms with Crippen molar-refractivity contribution in [2.24, 2.45) is 0 Å². The van der Waals surface area contributed by atoms with Crippen molar-refractivity contribution < 1.29 is 4.79 Å². The molecule has 0 fully saturated rings. The van der Waals surface area contributed by atoms with E-state index in [9.17, 15) is 4.79 Å². The van der Waals surface area contributed by atoms with Crippen LogP contribution in [0.4, 0.5) is 5.69 Å². The van der Waals surface area contributed by atoms with Crippen molar-refractivity contribution in [3.8, 4) is 0 Å². The van der Waals surface area contributed by atoms with E-state index in [2.05, 4.69) is 15.6 Å². The van der Waals surface area contributed by atoms with E-state index in [0.29, 0.717) is 6.42 Å². The van der Waals surface area contributed by atoms with Crippen molar-refractivity contribution in [2.45, 2.75) is 32.2 Å². The van der Waals surface area contributed by atoms with E-state index in [4.69, 9.17) is 0 Å². The Bertz CT molecular complexity index is 387. The molecule has 2 rings (SSSR count). The molecule has 2 heterocycles. The number of carbonyl (C=O) groups excluding carboxylic acids is 1. The first-order valence-corrected chi connectivity index (χ1v) is 5.76. The Labute approximate surface area is 120 Å². The number of halogens is 2. The van der Waals surface area contributed by atoms with Crippen LogP contribution in [0.1, 0.15) is 25.5 Å². The molecule has 2 N–H and O–H groups in total. The molecule has 102 valence electrons. The molecular weight excluding hydrogens is 273 g/mol. The number of nitrogens with one attached hydrogen (secondary N) is 2. The third-order valence-corrected chi connectivity index (χ3v) is 2.71. The number of hydrogen-bond acceptors (Lipinski definition) is 3. The Kier molecular flexibility index (Phi) is 7.71. The normalized spacial score (nSPS) is 16.4. The molecule has 0 aromatic carbocycles. The molecule has 1 aliphatic heterocycles. The fraction of sp³-hybridized carbons (Fsp3) is 0.500. The second-order valence-corrected chi connectivity index (χ2v) is 4.10. The summed E-state index contributed by atoms with van der Waals surface area (Å²) < 4.78 is 0. The summed E-state index contributed by atoms with van der Waals surface area (Å²) in [6.45, 7) is 2.80. The van der Waals surface area contributed by atoms with Gasteiger partial charge in [0, 0.05) is 25.6 Å². The highest BCUT2D eigenvalue weighted by molar-refractivity contribution is 5.85. The van der Waals surface area contributed by atoms with Crippen LogP contribution >= 0.6 is 24.8 Å². The SMILES string of the molecule is CCCC(=O)NC1CNc2cccnc2C1.Cl.Cl. The molecule has 1 unspecified atom stereocenters. The zero-order valence-corrected chi connectivity index (χ0v) is 11.9. The topological polar surface area (TPSA) is 54.0 Å². The van der Waals surface area contributed by atoms with Crippen molar-refractivity contribution in [3.05, 3.63) is 24.0 Å². The minimum absolute atomic E-state index is 0. The summed E-state index contributed by atoms with van der Waals surface area (Å²) in [5.74, 6) is 0.133. The number of carbonyl (C=O) groups is 1. The van der Waals surface area contributed by atoms with E-state index >= 15 is 0 Å². The number of aromatic nitrogens is 1. The van der Waals surface area contributed by atoms with Crippen LogP contribution in [-0.4, -0.2) is 23.5 Å². The molecule has 0 radical (unpaired) electrons. The van der Waals surface area contributed by atoms with Gasteiger partial charge in [0.2, 0.25) is 5.91 Å². The third kappa shape index (κ3) is 4.35. The Morgan fingerprint density at radius 3 is 3.06 bits per heavy atom. The first-order chi connectivity index (χ1) is 7.79. The molecule has 1 aromatic heterocycles. The molecule has 1 aromatic rings. The molecule has 18 heavy (non-hydrogen) atoms. The van der Waals surface area contributed by atoms with Gasteiger partial charge in [0.1, 0.15) is 0 Å². The highest BCUT2D eigenvalue weighted by Gasteiger charge is 2.19. The van der Waals surface area contributed by atoms with Crippen molar-refractivity contribution in [2.75, 3.05) is 11.9 Å². The molecule has 0 spiro atoms. The van der Waals surface area contributed by atoms with Crippen LogP contribution in [0.25, 0.3) is 0 Å². The second-order valence-electron chi connectivity index (χ2n) is 4.10. The van der Waals surface area contributed by atoms with Gasteiger partial charge < -0.3 is 10.6 Å². The molecule has 1 aliphatic rings. The van der Waals surface area contributed by atoms with E-state index in [1.807, 2.05) is 19.1 Å². The van der Waals surface area contributed by atoms with Crippen LogP contribution in [-0.2, 0) is 11.2 Å². The van der Waals surface area contributed by atoms with E-state index in [1.54, 1.807) is 6.20 Å². The standard InChI is InChI=1S/C12H17N3O.2ClH/c1-2-4-12(16)15-9-7-11-10(14-8-9)5-3-6-13-11;;/h3,5-6,9,14H,2,4,7-8H2,1H3,(H,15,16);2*1H. The van der Waals surface area contributed by atoms with Gasteiger partial charge >= 0.3 is 0 Å². The maximum atomic E-state index is 11.5. The average molecular weight is 292 g/mol. The molecule has 0 saturated heterocycles. The van der Waals surface area contributed by atoms with E-state index < -0.39 is 0 Å². The van der Waals surface area contributed by atoms with Crippen molar-refractivity contribution in [3.63, 3.8) is 0 Å². The predicted molar refractivity (Wildman–Crippen MR) is 77.8 cm³/mol. The lowest BCUT2D eigenvalue weighted by Crippen LogP contribution is -2.43. The largest absolute Gasteiger partial charge is 0.381 e. The molecule has 0 bridgehead atoms. The minimum atomic E-state index is 0. The van der Waals surface area contributed by atoms with Gasteiger partial charge in [-0.2, -0.15) is 0 Å². The molecular formula is C12H19Cl2N3O. The Hall–Kier alpha value is -1.00. The lowest BCUT2D eigenvalue weighted by atomic mass is 10.0. The van der Waals surface area contributed by atoms with E-state index in [0.717, 1.165) is 30.8 Å². The molecule has 1 amide bonds. The summed E-state index contributed by atoms with van der Waals surface area (Å²) in [6, 6.07) is 4.11. The van der Waals surface area contributed by atoms with Gasteiger partial charge in [-0.3, -0.25) is 9.78 Å². The summed E-state index contributed by atoms with van der Waals surface area (Å²) in [5, 5.41) is 6.30. The monoisotopic (exact) mass is 291 g/mol. The summed E-state index contributed by atoms with van der Waals surface area (Å²) >= 11 is 0. The van der Waals surface area contributed by atoms with Crippen molar-refractivity contribution in [1.29, 1.82) is 0 Å². The van der Waals surface area contributed by atoms with Crippen LogP contribution in [0.3, 0.4) is 0 Å². The van der Waals surface area contributed by atoms with Gasteiger partial charge in [-0.05, 0) is 18.6 Å². The first-order valence-electron chi connectivity index (χ1n) is 5.76. The number of rotatable bonds is 3. The number of nitrogens with zero attached hydrogens (tertiary/aromatic N) is 1. The lowest BCUT2D eigenvalue weighted by molar-refractivity contribution is -0.121. The number of amides is 1. The van der Waals surface area contributed by atoms with Crippen LogP contribution in [0.2, 0.25) is 0 Å². The Balaban J connectivity index is 0.00000144. The maximum absolute atomic E-state index is 11.5. The Morgan fingerprint density at radius 1 is 1.56 bits per heavy atom. The zero-order chi connectivity index (χ0) is 11.4. The summed E-state index contributed by atoms with van der Waals surface area (Å²) in [6.07, 6.45) is 4.10. The van der Waals surface area contributed by atoms with Gasteiger partial charge in [-0.25, -0.2) is 0 Å². The Morgan fingerprint density at radius 2 is 2.33 bits per heavy atom. The minimum Gasteiger partial charge on any atom is -0.381 e. The van der Waals surface area contributed by atoms with Gasteiger partial charge in [-0.1, -0.05) is 6.92 Å². The highest BCUT2D eigenvalue weighted by atomic mass is 35.5. The quantitative estimate of drug-likeness (QED) is 0.898. The zero-order valence-electron chi connectivity index (χ0n) is 10.3. The van der Waals surface area contributed by atoms with E-state index in [1.165, 1.54) is 0 Å². The number of anilines is 1. The number of pyridine rings is 1. The van der Waals surface area contributed by atoms with Crippen LogP contribution in [0, 0.1) is 0 Å².